The molecule has 36 heavy (non-hydrogen) atoms. The van der Waals surface area contributed by atoms with Crippen LogP contribution in [0.25, 0.3) is 22.6 Å². The number of hydrogen-bond donors (Lipinski definition) is 3. The topological polar surface area (TPSA) is 166 Å². The van der Waals surface area contributed by atoms with Gasteiger partial charge >= 0.3 is 0 Å². The normalized spacial score (nSPS) is 21.3. The molecule has 5 heterocycles. The van der Waals surface area contributed by atoms with Gasteiger partial charge in [-0.05, 0) is 19.9 Å². The number of nitrogen functional groups attached to an aromatic ring is 1. The summed E-state index contributed by atoms with van der Waals surface area (Å²) in [5, 5.41) is 5.96. The average molecular weight is 495 g/mol. The van der Waals surface area contributed by atoms with Gasteiger partial charge in [0.1, 0.15) is 0 Å². The van der Waals surface area contributed by atoms with Crippen LogP contribution in [0.3, 0.4) is 0 Å². The van der Waals surface area contributed by atoms with E-state index in [-0.39, 0.29) is 23.6 Å². The van der Waals surface area contributed by atoms with Crippen molar-refractivity contribution in [2.45, 2.75) is 19.4 Å². The van der Waals surface area contributed by atoms with Gasteiger partial charge in [-0.25, -0.2) is 24.9 Å². The maximum absolute atomic E-state index is 13.7. The minimum atomic E-state index is -0.588. The molecule has 190 valence electrons. The van der Waals surface area contributed by atoms with Gasteiger partial charge in [0.05, 0.1) is 37.1 Å². The number of piperidine rings is 1. The van der Waals surface area contributed by atoms with Crippen LogP contribution in [0.4, 0.5) is 11.8 Å². The van der Waals surface area contributed by atoms with Gasteiger partial charge < -0.3 is 30.6 Å². The Morgan fingerprint density at radius 3 is 2.64 bits per heavy atom. The first-order valence-electron chi connectivity index (χ1n) is 12.1. The fourth-order valence-corrected chi connectivity index (χ4v) is 4.87. The molecular formula is C23H30N10O3. The first-order chi connectivity index (χ1) is 17.5. The fraction of sp³-hybridized carbons (Fsp3) is 0.522. The van der Waals surface area contributed by atoms with Crippen molar-refractivity contribution in [2.75, 3.05) is 57.1 Å². The summed E-state index contributed by atoms with van der Waals surface area (Å²) in [6, 6.07) is -0.588. The highest BCUT2D eigenvalue weighted by molar-refractivity contribution is 5.93. The van der Waals surface area contributed by atoms with Gasteiger partial charge in [0.15, 0.2) is 28.6 Å². The van der Waals surface area contributed by atoms with E-state index >= 15 is 0 Å². The molecule has 13 nitrogen and oxygen atoms in total. The summed E-state index contributed by atoms with van der Waals surface area (Å²) in [6.07, 6.45) is 5.38. The Balaban J connectivity index is 1.56. The number of hydrogen-bond acceptors (Lipinski definition) is 11. The lowest BCUT2D eigenvalue weighted by molar-refractivity contribution is -0.136. The Morgan fingerprint density at radius 2 is 1.92 bits per heavy atom. The molecule has 0 aromatic carbocycles. The lowest BCUT2D eigenvalue weighted by Crippen LogP contribution is -2.48. The van der Waals surface area contributed by atoms with Crippen molar-refractivity contribution >= 4 is 34.6 Å². The highest BCUT2D eigenvalue weighted by Crippen LogP contribution is 2.31. The molecule has 2 saturated heterocycles. The van der Waals surface area contributed by atoms with Gasteiger partial charge in [-0.2, -0.15) is 0 Å². The lowest BCUT2D eigenvalue weighted by atomic mass is 9.81. The van der Waals surface area contributed by atoms with Gasteiger partial charge in [-0.15, -0.1) is 0 Å². The highest BCUT2D eigenvalue weighted by Gasteiger charge is 2.38. The number of morpholine rings is 1. The lowest BCUT2D eigenvalue weighted by Gasteiger charge is -2.31. The number of nitrogens with zero attached hydrogens (tertiary/aromatic N) is 7. The summed E-state index contributed by atoms with van der Waals surface area (Å²) in [4.78, 5) is 50.6. The van der Waals surface area contributed by atoms with E-state index in [1.54, 1.807) is 30.3 Å². The number of anilines is 2. The molecule has 2 aliphatic heterocycles. The number of ketones is 1. The predicted octanol–water partition coefficient (Wildman–Crippen LogP) is -0.196. The largest absolute Gasteiger partial charge is 0.378 e. The maximum Gasteiger partial charge on any atom is 0.223 e. The molecule has 3 aromatic heterocycles. The Morgan fingerprint density at radius 1 is 1.17 bits per heavy atom. The average Bonchev–Trinajstić information content (AvgIpc) is 3.36. The molecule has 4 N–H and O–H groups in total. The minimum absolute atomic E-state index is 0.0426. The Labute approximate surface area is 207 Å². The standard InChI is InChI=1S/C23H30N10O3/c1-13(18(34)16-11-26-4-3-15(16)22(35)25-2)33-12-29-17-20(32-5-7-36-8-6-32)30-19(31-21(17)33)14-9-27-23(24)28-10-14/h9-10,12-13,15-16,26H,3-8,11H2,1-2H3,(H,25,35)(H2,24,27,28). The second kappa shape index (κ2) is 10.1. The third kappa shape index (κ3) is 4.46. The summed E-state index contributed by atoms with van der Waals surface area (Å²) in [5.41, 5.74) is 7.39. The molecule has 3 aromatic rings. The van der Waals surface area contributed by atoms with Crippen LogP contribution in [0.2, 0.25) is 0 Å². The molecule has 5 rings (SSSR count). The monoisotopic (exact) mass is 494 g/mol. The van der Waals surface area contributed by atoms with Crippen LogP contribution in [0.5, 0.6) is 0 Å². The maximum atomic E-state index is 13.7. The molecule has 0 bridgehead atoms. The van der Waals surface area contributed by atoms with Crippen molar-refractivity contribution in [3.63, 3.8) is 0 Å². The van der Waals surface area contributed by atoms with E-state index < -0.39 is 12.0 Å². The first-order valence-corrected chi connectivity index (χ1v) is 12.1. The molecule has 0 spiro atoms. The number of imidazole rings is 1. The first kappa shape index (κ1) is 24.0. The van der Waals surface area contributed by atoms with Crippen molar-refractivity contribution in [3.05, 3.63) is 18.7 Å². The smallest absolute Gasteiger partial charge is 0.223 e. The molecule has 3 atom stereocenters. The van der Waals surface area contributed by atoms with Crippen LogP contribution in [0.15, 0.2) is 18.7 Å². The molecule has 0 saturated carbocycles. The molecule has 13 heteroatoms. The molecular weight excluding hydrogens is 464 g/mol. The Bertz CT molecular complexity index is 1260. The van der Waals surface area contributed by atoms with Crippen LogP contribution in [-0.2, 0) is 14.3 Å². The quantitative estimate of drug-likeness (QED) is 0.415. The van der Waals surface area contributed by atoms with E-state index in [0.29, 0.717) is 74.2 Å². The van der Waals surface area contributed by atoms with Crippen molar-refractivity contribution in [1.29, 1.82) is 0 Å². The summed E-state index contributed by atoms with van der Waals surface area (Å²) >= 11 is 0. The van der Waals surface area contributed by atoms with Gasteiger partial charge in [0, 0.05) is 45.0 Å². The highest BCUT2D eigenvalue weighted by atomic mass is 16.5. The zero-order valence-corrected chi connectivity index (χ0v) is 20.3. The number of rotatable bonds is 6. The molecule has 2 fully saturated rings. The molecule has 0 aliphatic carbocycles. The number of Topliss-reactive ketones (excluding diaryl/α,β-unsaturated/α-hetero) is 1. The van der Waals surface area contributed by atoms with E-state index in [1.807, 2.05) is 6.92 Å². The third-order valence-electron chi connectivity index (χ3n) is 6.90. The Hall–Kier alpha value is -3.71. The molecule has 1 amide bonds. The van der Waals surface area contributed by atoms with Crippen LogP contribution in [0, 0.1) is 11.8 Å². The van der Waals surface area contributed by atoms with Crippen LogP contribution in [-0.4, -0.2) is 87.6 Å². The van der Waals surface area contributed by atoms with E-state index in [2.05, 4.69) is 30.5 Å². The minimum Gasteiger partial charge on any atom is -0.378 e. The van der Waals surface area contributed by atoms with Crippen molar-refractivity contribution in [2.24, 2.45) is 11.8 Å². The van der Waals surface area contributed by atoms with Crippen molar-refractivity contribution in [3.8, 4) is 11.4 Å². The number of nitrogens with two attached hydrogens (primary N) is 1. The number of carbonyl (C=O) groups excluding carboxylic acids is 2. The van der Waals surface area contributed by atoms with Crippen LogP contribution >= 0.6 is 0 Å². The predicted molar refractivity (Wildman–Crippen MR) is 132 cm³/mol. The zero-order chi connectivity index (χ0) is 25.2. The van der Waals surface area contributed by atoms with Gasteiger partial charge in [0.25, 0.3) is 0 Å². The molecule has 3 unspecified atom stereocenters. The SMILES string of the molecule is CNC(=O)C1CCNCC1C(=O)C(C)n1cnc2c(N3CCOCC3)nc(-c3cnc(N)nc3)nc21. The number of aromatic nitrogens is 6. The second-order valence-electron chi connectivity index (χ2n) is 9.02. The van der Waals surface area contributed by atoms with E-state index in [1.165, 1.54) is 0 Å². The number of nitrogens with one attached hydrogen (secondary N) is 2. The van der Waals surface area contributed by atoms with Crippen LogP contribution < -0.4 is 21.3 Å². The summed E-state index contributed by atoms with van der Waals surface area (Å²) in [6.45, 7) is 5.46. The van der Waals surface area contributed by atoms with Gasteiger partial charge in [-0.3, -0.25) is 9.59 Å². The second-order valence-corrected chi connectivity index (χ2v) is 9.02. The number of fused-ring (bicyclic) bond motifs is 1. The van der Waals surface area contributed by atoms with Crippen molar-refractivity contribution in [1.82, 2.24) is 40.1 Å². The summed E-state index contributed by atoms with van der Waals surface area (Å²) < 4.78 is 7.28. The fourth-order valence-electron chi connectivity index (χ4n) is 4.87. The molecule has 2 aliphatic rings. The Kier molecular flexibility index (Phi) is 6.74. The number of carbonyl (C=O) groups is 2. The van der Waals surface area contributed by atoms with Crippen molar-refractivity contribution < 1.29 is 14.3 Å². The van der Waals surface area contributed by atoms with E-state index in [9.17, 15) is 9.59 Å². The summed E-state index contributed by atoms with van der Waals surface area (Å²) in [5.74, 6) is 0.256. The van der Waals surface area contributed by atoms with E-state index in [0.717, 1.165) is 0 Å². The third-order valence-corrected chi connectivity index (χ3v) is 6.90. The van der Waals surface area contributed by atoms with Gasteiger partial charge in [0.2, 0.25) is 11.9 Å². The number of ether oxygens (including phenoxy) is 1. The number of amides is 1. The zero-order valence-electron chi connectivity index (χ0n) is 20.3. The van der Waals surface area contributed by atoms with Gasteiger partial charge in [-0.1, -0.05) is 0 Å². The van der Waals surface area contributed by atoms with E-state index in [4.69, 9.17) is 20.4 Å². The summed E-state index contributed by atoms with van der Waals surface area (Å²) in [7, 11) is 1.60. The molecule has 0 radical (unpaired) electrons. The van der Waals surface area contributed by atoms with Crippen LogP contribution in [0.1, 0.15) is 19.4 Å².